The molecule has 0 spiro atoms. The Morgan fingerprint density at radius 3 is 3.00 bits per heavy atom. The van der Waals surface area contributed by atoms with Gasteiger partial charge in [-0.05, 0) is 26.0 Å². The smallest absolute Gasteiger partial charge is 0.231 e. The third-order valence-electron chi connectivity index (χ3n) is 3.97. The second-order valence-electron chi connectivity index (χ2n) is 5.93. The first-order valence-corrected chi connectivity index (χ1v) is 7.68. The van der Waals surface area contributed by atoms with Gasteiger partial charge in [0.05, 0.1) is 12.7 Å². The third-order valence-corrected chi connectivity index (χ3v) is 3.97. The molecule has 0 amide bonds. The minimum absolute atomic E-state index is 0.207. The molecule has 1 aromatic carbocycles. The Morgan fingerprint density at radius 2 is 2.14 bits per heavy atom. The van der Waals surface area contributed by atoms with Gasteiger partial charge in [0, 0.05) is 25.2 Å². The van der Waals surface area contributed by atoms with Gasteiger partial charge in [-0.3, -0.25) is 4.90 Å². The van der Waals surface area contributed by atoms with E-state index in [1.165, 1.54) is 0 Å². The molecule has 0 saturated carbocycles. The number of β-amino-alcohol motifs (C(OH)–C–C–N with tert-alkyl or cyclic N) is 1. The average Bonchev–Trinajstić information content (AvgIpc) is 2.96. The molecule has 1 N–H and O–H groups in total. The van der Waals surface area contributed by atoms with Crippen molar-refractivity contribution in [1.29, 1.82) is 0 Å². The number of fused-ring (bicyclic) bond motifs is 1. The molecular formula is C16H23NO5. The van der Waals surface area contributed by atoms with Crippen LogP contribution in [0, 0.1) is 0 Å². The summed E-state index contributed by atoms with van der Waals surface area (Å²) in [5, 5.41) is 10.2. The highest BCUT2D eigenvalue weighted by Gasteiger charge is 2.25. The van der Waals surface area contributed by atoms with Gasteiger partial charge in [0.25, 0.3) is 0 Å². The summed E-state index contributed by atoms with van der Waals surface area (Å²) < 4.78 is 21.8. The zero-order valence-corrected chi connectivity index (χ0v) is 13.0. The van der Waals surface area contributed by atoms with E-state index in [0.29, 0.717) is 30.7 Å². The lowest BCUT2D eigenvalue weighted by atomic mass is 10.2. The van der Waals surface area contributed by atoms with Crippen molar-refractivity contribution < 1.29 is 24.1 Å². The number of ether oxygens (including phenoxy) is 4. The van der Waals surface area contributed by atoms with E-state index in [1.54, 1.807) is 6.07 Å². The van der Waals surface area contributed by atoms with Crippen molar-refractivity contribution in [2.45, 2.75) is 32.1 Å². The molecule has 0 bridgehead atoms. The van der Waals surface area contributed by atoms with Gasteiger partial charge in [-0.2, -0.15) is 0 Å². The van der Waals surface area contributed by atoms with Crippen LogP contribution in [0.4, 0.5) is 0 Å². The molecule has 6 heteroatoms. The van der Waals surface area contributed by atoms with Gasteiger partial charge in [-0.1, -0.05) is 0 Å². The first kappa shape index (κ1) is 15.4. The van der Waals surface area contributed by atoms with Crippen molar-refractivity contribution in [1.82, 2.24) is 4.90 Å². The van der Waals surface area contributed by atoms with Gasteiger partial charge in [0.2, 0.25) is 6.79 Å². The van der Waals surface area contributed by atoms with Crippen molar-refractivity contribution in [3.63, 3.8) is 0 Å². The first-order valence-electron chi connectivity index (χ1n) is 7.68. The maximum absolute atomic E-state index is 10.2. The molecule has 22 heavy (non-hydrogen) atoms. The quantitative estimate of drug-likeness (QED) is 0.884. The van der Waals surface area contributed by atoms with Crippen molar-refractivity contribution in [2.75, 3.05) is 33.1 Å². The highest BCUT2D eigenvalue weighted by Crippen LogP contribution is 2.35. The van der Waals surface area contributed by atoms with E-state index in [9.17, 15) is 5.11 Å². The van der Waals surface area contributed by atoms with Crippen LogP contribution >= 0.6 is 0 Å². The van der Waals surface area contributed by atoms with Crippen LogP contribution in [-0.2, 0) is 4.74 Å². The van der Waals surface area contributed by atoms with Crippen LogP contribution in [0.2, 0.25) is 0 Å². The van der Waals surface area contributed by atoms with Gasteiger partial charge in [0.1, 0.15) is 18.5 Å². The molecule has 2 aliphatic heterocycles. The van der Waals surface area contributed by atoms with Gasteiger partial charge < -0.3 is 24.1 Å². The van der Waals surface area contributed by atoms with Crippen molar-refractivity contribution in [3.8, 4) is 17.2 Å². The van der Waals surface area contributed by atoms with Crippen LogP contribution in [0.1, 0.15) is 13.8 Å². The highest BCUT2D eigenvalue weighted by molar-refractivity contribution is 5.46. The van der Waals surface area contributed by atoms with Gasteiger partial charge in [0.15, 0.2) is 11.5 Å². The second kappa shape index (κ2) is 6.73. The van der Waals surface area contributed by atoms with E-state index < -0.39 is 6.10 Å². The molecule has 1 saturated heterocycles. The number of nitrogens with zero attached hydrogens (tertiary/aromatic N) is 1. The summed E-state index contributed by atoms with van der Waals surface area (Å²) in [4.78, 5) is 2.24. The number of aliphatic hydroxyl groups excluding tert-OH is 1. The van der Waals surface area contributed by atoms with Crippen LogP contribution < -0.4 is 14.2 Å². The van der Waals surface area contributed by atoms with Crippen LogP contribution in [0.3, 0.4) is 0 Å². The second-order valence-corrected chi connectivity index (χ2v) is 5.93. The van der Waals surface area contributed by atoms with E-state index in [2.05, 4.69) is 11.8 Å². The van der Waals surface area contributed by atoms with Gasteiger partial charge >= 0.3 is 0 Å². The molecule has 2 aliphatic rings. The molecule has 0 unspecified atom stereocenters. The molecule has 1 aromatic rings. The van der Waals surface area contributed by atoms with Crippen LogP contribution in [0.15, 0.2) is 18.2 Å². The maximum atomic E-state index is 10.2. The Kier molecular flexibility index (Phi) is 4.71. The fourth-order valence-corrected chi connectivity index (χ4v) is 2.71. The first-order chi connectivity index (χ1) is 10.6. The van der Waals surface area contributed by atoms with Crippen molar-refractivity contribution >= 4 is 0 Å². The Morgan fingerprint density at radius 1 is 1.32 bits per heavy atom. The van der Waals surface area contributed by atoms with E-state index in [0.717, 1.165) is 12.3 Å². The van der Waals surface area contributed by atoms with Crippen LogP contribution in [0.25, 0.3) is 0 Å². The summed E-state index contributed by atoms with van der Waals surface area (Å²) in [5.41, 5.74) is 0. The molecule has 0 radical (unpaired) electrons. The van der Waals surface area contributed by atoms with E-state index in [-0.39, 0.29) is 19.5 Å². The third kappa shape index (κ3) is 3.63. The maximum Gasteiger partial charge on any atom is 0.231 e. The lowest BCUT2D eigenvalue weighted by molar-refractivity contribution is -0.0650. The summed E-state index contributed by atoms with van der Waals surface area (Å²) in [6.07, 6.45) is -0.337. The molecule has 6 nitrogen and oxygen atoms in total. The zero-order chi connectivity index (χ0) is 15.5. The predicted octanol–water partition coefficient (Wildman–Crippen LogP) is 1.26. The summed E-state index contributed by atoms with van der Waals surface area (Å²) in [6, 6.07) is 5.74. The van der Waals surface area contributed by atoms with Crippen molar-refractivity contribution in [2.24, 2.45) is 0 Å². The number of morpholine rings is 1. The Labute approximate surface area is 130 Å². The molecule has 3 rings (SSSR count). The molecular weight excluding hydrogens is 286 g/mol. The molecule has 1 fully saturated rings. The highest BCUT2D eigenvalue weighted by atomic mass is 16.7. The normalized spacial score (nSPS) is 26.0. The topological polar surface area (TPSA) is 60.4 Å². The number of hydrogen-bond acceptors (Lipinski definition) is 6. The molecule has 122 valence electrons. The van der Waals surface area contributed by atoms with Crippen LogP contribution in [-0.4, -0.2) is 61.4 Å². The standard InChI is InChI=1S/C16H23NO5/c1-11-8-19-12(2)6-17(11)7-13(18)9-20-14-3-4-15-16(5-14)22-10-21-15/h3-5,11-13,18H,6-10H2,1-2H3/t11-,12-,13-/m1/s1. The number of rotatable bonds is 5. The number of hydrogen-bond donors (Lipinski definition) is 1. The van der Waals surface area contributed by atoms with E-state index >= 15 is 0 Å². The van der Waals surface area contributed by atoms with Gasteiger partial charge in [-0.15, -0.1) is 0 Å². The lowest BCUT2D eigenvalue weighted by Crippen LogP contribution is -2.50. The summed E-state index contributed by atoms with van der Waals surface area (Å²) in [7, 11) is 0. The van der Waals surface area contributed by atoms with Crippen LogP contribution in [0.5, 0.6) is 17.2 Å². The predicted molar refractivity (Wildman–Crippen MR) is 80.5 cm³/mol. The largest absolute Gasteiger partial charge is 0.491 e. The van der Waals surface area contributed by atoms with E-state index in [1.807, 2.05) is 19.1 Å². The van der Waals surface area contributed by atoms with Crippen molar-refractivity contribution in [3.05, 3.63) is 18.2 Å². The lowest BCUT2D eigenvalue weighted by Gasteiger charge is -2.37. The fourth-order valence-electron chi connectivity index (χ4n) is 2.71. The summed E-state index contributed by atoms with van der Waals surface area (Å²) in [6.45, 7) is 6.77. The monoisotopic (exact) mass is 309 g/mol. The Hall–Kier alpha value is -1.50. The summed E-state index contributed by atoms with van der Waals surface area (Å²) in [5.74, 6) is 2.08. The number of benzene rings is 1. The minimum Gasteiger partial charge on any atom is -0.491 e. The average molecular weight is 309 g/mol. The van der Waals surface area contributed by atoms with E-state index in [4.69, 9.17) is 18.9 Å². The zero-order valence-electron chi connectivity index (χ0n) is 13.0. The number of aliphatic hydroxyl groups is 1. The summed E-state index contributed by atoms with van der Waals surface area (Å²) >= 11 is 0. The molecule has 3 atom stereocenters. The fraction of sp³-hybridized carbons (Fsp3) is 0.625. The Bertz CT molecular complexity index is 509. The molecule has 0 aromatic heterocycles. The molecule has 0 aliphatic carbocycles. The SMILES string of the molecule is C[C@@H]1CN(C[C@@H](O)COc2ccc3c(c2)OCO3)[C@H](C)CO1. The Balaban J connectivity index is 1.48. The van der Waals surface area contributed by atoms with Gasteiger partial charge in [-0.25, -0.2) is 0 Å². The minimum atomic E-state index is -0.543. The molecule has 2 heterocycles.